The number of aromatic nitrogens is 2. The lowest BCUT2D eigenvalue weighted by Gasteiger charge is -2.18. The van der Waals surface area contributed by atoms with E-state index in [0.717, 1.165) is 54.1 Å². The highest BCUT2D eigenvalue weighted by Gasteiger charge is 2.13. The Kier molecular flexibility index (Phi) is 5.80. The Balaban J connectivity index is 1.85. The van der Waals surface area contributed by atoms with Crippen LogP contribution in [0.25, 0.3) is 16.8 Å². The molecule has 0 bridgehead atoms. The molecule has 0 unspecified atom stereocenters. The Morgan fingerprint density at radius 2 is 2.08 bits per heavy atom. The normalized spacial score (nSPS) is 16.1. The zero-order valence-corrected chi connectivity index (χ0v) is 14.9. The van der Waals surface area contributed by atoms with Gasteiger partial charge in [0, 0.05) is 55.6 Å². The summed E-state index contributed by atoms with van der Waals surface area (Å²) >= 11 is 0. The Labute approximate surface area is 153 Å². The van der Waals surface area contributed by atoms with Crippen LogP contribution in [0.2, 0.25) is 0 Å². The summed E-state index contributed by atoms with van der Waals surface area (Å²) in [5.41, 5.74) is 16.0. The first-order valence-electron chi connectivity index (χ1n) is 8.64. The van der Waals surface area contributed by atoms with Crippen LogP contribution >= 0.6 is 0 Å². The predicted octanol–water partition coefficient (Wildman–Crippen LogP) is 2.32. The topological polar surface area (TPSA) is 111 Å². The molecule has 0 saturated carbocycles. The van der Waals surface area contributed by atoms with Crippen LogP contribution in [0.15, 0.2) is 41.8 Å². The monoisotopic (exact) mass is 352 g/mol. The van der Waals surface area contributed by atoms with Crippen molar-refractivity contribution in [3.63, 3.8) is 0 Å². The molecule has 7 heteroatoms. The van der Waals surface area contributed by atoms with Gasteiger partial charge in [-0.2, -0.15) is 0 Å². The molecule has 0 radical (unpaired) electrons. The highest BCUT2D eigenvalue weighted by atomic mass is 16.5. The third-order valence-electron chi connectivity index (χ3n) is 4.37. The molecule has 1 aliphatic rings. The number of nitrogens with zero attached hydrogens (tertiary/aromatic N) is 3. The van der Waals surface area contributed by atoms with Gasteiger partial charge in [0.05, 0.1) is 23.6 Å². The molecular formula is C19H24N6O. The van der Waals surface area contributed by atoms with Crippen LogP contribution in [0.3, 0.4) is 0 Å². The fourth-order valence-corrected chi connectivity index (χ4v) is 2.77. The van der Waals surface area contributed by atoms with E-state index in [0.29, 0.717) is 5.82 Å². The van der Waals surface area contributed by atoms with Gasteiger partial charge in [0.15, 0.2) is 0 Å². The lowest BCUT2D eigenvalue weighted by molar-refractivity contribution is 0.0872. The van der Waals surface area contributed by atoms with Crippen molar-refractivity contribution in [3.05, 3.63) is 42.4 Å². The van der Waals surface area contributed by atoms with Gasteiger partial charge in [-0.15, -0.1) is 0 Å². The van der Waals surface area contributed by atoms with Gasteiger partial charge in [-0.1, -0.05) is 0 Å². The molecule has 1 aliphatic heterocycles. The Hall–Kier alpha value is -2.93. The van der Waals surface area contributed by atoms with E-state index < -0.39 is 0 Å². The summed E-state index contributed by atoms with van der Waals surface area (Å²) < 4.78 is 5.36. The average molecular weight is 352 g/mol. The van der Waals surface area contributed by atoms with Crippen molar-refractivity contribution < 1.29 is 4.74 Å². The number of pyridine rings is 2. The maximum Gasteiger partial charge on any atom is 0.132 e. The number of nitrogen functional groups attached to an aromatic ring is 1. The summed E-state index contributed by atoms with van der Waals surface area (Å²) in [5, 5.41) is 3.05. The molecule has 136 valence electrons. The molecule has 1 fully saturated rings. The number of ether oxygens (including phenoxy) is 1. The van der Waals surface area contributed by atoms with Crippen LogP contribution in [0.4, 0.5) is 11.5 Å². The first kappa shape index (κ1) is 17.9. The molecule has 7 nitrogen and oxygen atoms in total. The van der Waals surface area contributed by atoms with E-state index in [1.54, 1.807) is 12.4 Å². The molecule has 0 aromatic carbocycles. The minimum Gasteiger partial charge on any atom is -0.404 e. The second kappa shape index (κ2) is 8.44. The fourth-order valence-electron chi connectivity index (χ4n) is 2.77. The van der Waals surface area contributed by atoms with Gasteiger partial charge in [-0.3, -0.25) is 9.98 Å². The van der Waals surface area contributed by atoms with E-state index in [4.69, 9.17) is 16.2 Å². The van der Waals surface area contributed by atoms with Gasteiger partial charge in [0.25, 0.3) is 0 Å². The van der Waals surface area contributed by atoms with Gasteiger partial charge in [-0.05, 0) is 31.0 Å². The fraction of sp³-hybridized carbons (Fsp3) is 0.316. The molecular weight excluding hydrogens is 328 g/mol. The smallest absolute Gasteiger partial charge is 0.132 e. The number of nitrogens with two attached hydrogens (primary N) is 2. The van der Waals surface area contributed by atoms with Crippen molar-refractivity contribution in [2.75, 3.05) is 31.3 Å². The molecule has 0 spiro atoms. The zero-order valence-electron chi connectivity index (χ0n) is 14.9. The largest absolute Gasteiger partial charge is 0.404 e. The van der Waals surface area contributed by atoms with E-state index in [-0.39, 0.29) is 6.04 Å². The first-order valence-corrected chi connectivity index (χ1v) is 8.64. The standard InChI is InChI=1S/C19H24N6O/c1-22-16-2-3-18(24-12-16)17-8-13(10-25-19(17)21)14(9-20)11-23-15-4-6-26-7-5-15/h2-3,8-12,15,22H,4-7,20H2,1H3,(H2,21,25). The molecule has 2 aromatic heterocycles. The van der Waals surface area contributed by atoms with E-state index in [1.165, 1.54) is 6.20 Å². The number of rotatable bonds is 5. The highest BCUT2D eigenvalue weighted by Crippen LogP contribution is 2.26. The lowest BCUT2D eigenvalue weighted by Crippen LogP contribution is -2.18. The number of allylic oxidation sites excluding steroid dienone is 1. The van der Waals surface area contributed by atoms with Crippen LogP contribution in [0, 0.1) is 0 Å². The molecule has 5 N–H and O–H groups in total. The summed E-state index contributed by atoms with van der Waals surface area (Å²) in [4.78, 5) is 13.4. The molecule has 0 amide bonds. The highest BCUT2D eigenvalue weighted by molar-refractivity contribution is 6.10. The van der Waals surface area contributed by atoms with E-state index in [2.05, 4.69) is 20.3 Å². The van der Waals surface area contributed by atoms with Crippen molar-refractivity contribution in [2.45, 2.75) is 18.9 Å². The van der Waals surface area contributed by atoms with Crippen molar-refractivity contribution in [3.8, 4) is 11.3 Å². The minimum atomic E-state index is 0.274. The van der Waals surface area contributed by atoms with Crippen LogP contribution in [-0.4, -0.2) is 42.5 Å². The average Bonchev–Trinajstić information content (AvgIpc) is 2.70. The summed E-state index contributed by atoms with van der Waals surface area (Å²) in [6, 6.07) is 6.07. The summed E-state index contributed by atoms with van der Waals surface area (Å²) in [6.45, 7) is 1.51. The minimum absolute atomic E-state index is 0.274. The van der Waals surface area contributed by atoms with Gasteiger partial charge >= 0.3 is 0 Å². The number of anilines is 2. The number of nitrogens with one attached hydrogen (secondary N) is 1. The molecule has 0 aliphatic carbocycles. The van der Waals surface area contributed by atoms with E-state index in [1.807, 2.05) is 31.5 Å². The van der Waals surface area contributed by atoms with Crippen LogP contribution in [0.5, 0.6) is 0 Å². The number of hydrogen-bond acceptors (Lipinski definition) is 7. The van der Waals surface area contributed by atoms with Crippen molar-refractivity contribution in [1.82, 2.24) is 9.97 Å². The molecule has 2 aromatic rings. The third kappa shape index (κ3) is 4.18. The van der Waals surface area contributed by atoms with E-state index >= 15 is 0 Å². The van der Waals surface area contributed by atoms with Crippen molar-refractivity contribution in [1.29, 1.82) is 0 Å². The zero-order chi connectivity index (χ0) is 18.4. The van der Waals surface area contributed by atoms with Crippen LogP contribution < -0.4 is 16.8 Å². The van der Waals surface area contributed by atoms with Crippen LogP contribution in [0.1, 0.15) is 18.4 Å². The molecule has 0 atom stereocenters. The second-order valence-corrected chi connectivity index (χ2v) is 6.08. The predicted molar refractivity (Wildman–Crippen MR) is 106 cm³/mol. The third-order valence-corrected chi connectivity index (χ3v) is 4.37. The van der Waals surface area contributed by atoms with Gasteiger partial charge in [0.1, 0.15) is 5.82 Å². The maximum absolute atomic E-state index is 6.06. The van der Waals surface area contributed by atoms with Gasteiger partial charge in [0.2, 0.25) is 0 Å². The first-order chi connectivity index (χ1) is 12.7. The Bertz CT molecular complexity index is 794. The van der Waals surface area contributed by atoms with Crippen LogP contribution in [-0.2, 0) is 4.74 Å². The molecule has 1 saturated heterocycles. The second-order valence-electron chi connectivity index (χ2n) is 6.08. The molecule has 3 heterocycles. The number of aliphatic imine (C=N–C) groups is 1. The Morgan fingerprint density at radius 1 is 1.27 bits per heavy atom. The quantitative estimate of drug-likeness (QED) is 0.712. The van der Waals surface area contributed by atoms with Gasteiger partial charge < -0.3 is 21.5 Å². The summed E-state index contributed by atoms with van der Waals surface area (Å²) in [5.74, 6) is 0.427. The maximum atomic E-state index is 6.06. The summed E-state index contributed by atoms with van der Waals surface area (Å²) in [7, 11) is 1.85. The summed E-state index contributed by atoms with van der Waals surface area (Å²) in [6.07, 6.45) is 8.67. The molecule has 26 heavy (non-hydrogen) atoms. The van der Waals surface area contributed by atoms with Crippen molar-refractivity contribution >= 4 is 23.3 Å². The van der Waals surface area contributed by atoms with Crippen molar-refractivity contribution in [2.24, 2.45) is 10.7 Å². The molecule has 3 rings (SSSR count). The number of hydrogen-bond donors (Lipinski definition) is 3. The SMILES string of the molecule is CNc1ccc(-c2cc(C(C=NC3CCOCC3)=CN)cnc2N)nc1. The Morgan fingerprint density at radius 3 is 2.73 bits per heavy atom. The lowest BCUT2D eigenvalue weighted by atomic mass is 10.0. The van der Waals surface area contributed by atoms with Gasteiger partial charge in [-0.25, -0.2) is 4.98 Å². The van der Waals surface area contributed by atoms with E-state index in [9.17, 15) is 0 Å².